The first-order valence-corrected chi connectivity index (χ1v) is 7.46. The Bertz CT molecular complexity index is 758. The molecular formula is C15H15N3O2S. The van der Waals surface area contributed by atoms with Crippen LogP contribution in [0, 0.1) is 0 Å². The average Bonchev–Trinajstić information content (AvgIpc) is 2.98. The van der Waals surface area contributed by atoms with Gasteiger partial charge in [0.1, 0.15) is 17.0 Å². The number of nitrogens with one attached hydrogen (secondary N) is 1. The minimum absolute atomic E-state index is 0.602. The fourth-order valence-electron chi connectivity index (χ4n) is 2.05. The SMILES string of the molecule is CCOc1ccc(Nc2ncnc3sccc23)cc1OC. The lowest BCUT2D eigenvalue weighted by Gasteiger charge is -2.12. The molecule has 3 aromatic rings. The van der Waals surface area contributed by atoms with Crippen LogP contribution in [-0.4, -0.2) is 23.7 Å². The van der Waals surface area contributed by atoms with Crippen molar-refractivity contribution in [3.05, 3.63) is 36.0 Å². The van der Waals surface area contributed by atoms with Crippen molar-refractivity contribution in [3.8, 4) is 11.5 Å². The second-order valence-electron chi connectivity index (χ2n) is 4.29. The minimum atomic E-state index is 0.602. The van der Waals surface area contributed by atoms with Crippen LogP contribution in [0.4, 0.5) is 11.5 Å². The van der Waals surface area contributed by atoms with Crippen LogP contribution < -0.4 is 14.8 Å². The van der Waals surface area contributed by atoms with Gasteiger partial charge in [0.25, 0.3) is 0 Å². The number of aromatic nitrogens is 2. The quantitative estimate of drug-likeness (QED) is 0.776. The number of methoxy groups -OCH3 is 1. The number of fused-ring (bicyclic) bond motifs is 1. The number of anilines is 2. The van der Waals surface area contributed by atoms with Gasteiger partial charge in [-0.1, -0.05) is 0 Å². The van der Waals surface area contributed by atoms with Gasteiger partial charge in [-0.25, -0.2) is 9.97 Å². The Labute approximate surface area is 126 Å². The minimum Gasteiger partial charge on any atom is -0.493 e. The highest BCUT2D eigenvalue weighted by atomic mass is 32.1. The molecule has 0 atom stereocenters. The van der Waals surface area contributed by atoms with E-state index in [0.717, 1.165) is 27.5 Å². The van der Waals surface area contributed by atoms with Gasteiger partial charge in [-0.3, -0.25) is 0 Å². The first kappa shape index (κ1) is 13.6. The van der Waals surface area contributed by atoms with Gasteiger partial charge in [0, 0.05) is 11.8 Å². The number of ether oxygens (including phenoxy) is 2. The normalized spacial score (nSPS) is 10.6. The van der Waals surface area contributed by atoms with Gasteiger partial charge in [0.05, 0.1) is 19.1 Å². The van der Waals surface area contributed by atoms with Crippen LogP contribution in [0.2, 0.25) is 0 Å². The Morgan fingerprint density at radius 3 is 2.90 bits per heavy atom. The number of rotatable bonds is 5. The number of benzene rings is 1. The Kier molecular flexibility index (Phi) is 3.87. The molecule has 0 fully saturated rings. The van der Waals surface area contributed by atoms with Crippen molar-refractivity contribution in [1.82, 2.24) is 9.97 Å². The summed E-state index contributed by atoms with van der Waals surface area (Å²) in [6, 6.07) is 7.73. The standard InChI is InChI=1S/C15H15N3O2S/c1-3-20-12-5-4-10(8-13(12)19-2)18-14-11-6-7-21-15(11)17-9-16-14/h4-9H,3H2,1-2H3,(H,16,17,18). The van der Waals surface area contributed by atoms with E-state index in [4.69, 9.17) is 9.47 Å². The van der Waals surface area contributed by atoms with E-state index in [1.807, 2.05) is 36.6 Å². The van der Waals surface area contributed by atoms with Crippen molar-refractivity contribution in [2.75, 3.05) is 19.0 Å². The summed E-state index contributed by atoms with van der Waals surface area (Å²) in [5.41, 5.74) is 0.890. The maximum absolute atomic E-state index is 5.51. The molecule has 0 spiro atoms. The fourth-order valence-corrected chi connectivity index (χ4v) is 2.78. The van der Waals surface area contributed by atoms with Crippen LogP contribution in [0.3, 0.4) is 0 Å². The molecule has 21 heavy (non-hydrogen) atoms. The molecule has 0 aliphatic rings. The molecule has 6 heteroatoms. The maximum atomic E-state index is 5.51. The molecular weight excluding hydrogens is 286 g/mol. The van der Waals surface area contributed by atoms with Gasteiger partial charge in [0.15, 0.2) is 11.5 Å². The molecule has 0 saturated carbocycles. The molecule has 1 aromatic carbocycles. The monoisotopic (exact) mass is 301 g/mol. The first-order chi connectivity index (χ1) is 10.3. The predicted octanol–water partition coefficient (Wildman–Crippen LogP) is 3.84. The van der Waals surface area contributed by atoms with E-state index in [2.05, 4.69) is 15.3 Å². The molecule has 0 bridgehead atoms. The van der Waals surface area contributed by atoms with Crippen molar-refractivity contribution in [2.24, 2.45) is 0 Å². The fraction of sp³-hybridized carbons (Fsp3) is 0.200. The third kappa shape index (κ3) is 2.75. The van der Waals surface area contributed by atoms with Crippen molar-refractivity contribution in [1.29, 1.82) is 0 Å². The lowest BCUT2D eigenvalue weighted by molar-refractivity contribution is 0.311. The molecule has 2 heterocycles. The molecule has 0 aliphatic heterocycles. The smallest absolute Gasteiger partial charge is 0.162 e. The zero-order valence-corrected chi connectivity index (χ0v) is 12.6. The Balaban J connectivity index is 1.92. The number of hydrogen-bond acceptors (Lipinski definition) is 6. The largest absolute Gasteiger partial charge is 0.493 e. The van der Waals surface area contributed by atoms with Gasteiger partial charge in [-0.2, -0.15) is 0 Å². The maximum Gasteiger partial charge on any atom is 0.162 e. The van der Waals surface area contributed by atoms with Crippen molar-refractivity contribution in [2.45, 2.75) is 6.92 Å². The van der Waals surface area contributed by atoms with E-state index >= 15 is 0 Å². The summed E-state index contributed by atoms with van der Waals surface area (Å²) in [6.45, 7) is 2.55. The van der Waals surface area contributed by atoms with E-state index in [1.54, 1.807) is 24.8 Å². The number of hydrogen-bond donors (Lipinski definition) is 1. The Morgan fingerprint density at radius 2 is 2.10 bits per heavy atom. The molecule has 108 valence electrons. The second kappa shape index (κ2) is 5.97. The lowest BCUT2D eigenvalue weighted by Crippen LogP contribution is -1.98. The molecule has 0 radical (unpaired) electrons. The summed E-state index contributed by atoms with van der Waals surface area (Å²) < 4.78 is 10.9. The predicted molar refractivity (Wildman–Crippen MR) is 84.9 cm³/mol. The lowest BCUT2D eigenvalue weighted by atomic mass is 10.2. The molecule has 0 unspecified atom stereocenters. The zero-order chi connectivity index (χ0) is 14.7. The summed E-state index contributed by atoms with van der Waals surface area (Å²) in [5, 5.41) is 6.31. The second-order valence-corrected chi connectivity index (χ2v) is 5.18. The molecule has 3 rings (SSSR count). The van der Waals surface area contributed by atoms with E-state index < -0.39 is 0 Å². The molecule has 0 saturated heterocycles. The topological polar surface area (TPSA) is 56.3 Å². The number of nitrogens with zero attached hydrogens (tertiary/aromatic N) is 2. The molecule has 0 aliphatic carbocycles. The average molecular weight is 301 g/mol. The van der Waals surface area contributed by atoms with Gasteiger partial charge < -0.3 is 14.8 Å². The Morgan fingerprint density at radius 1 is 1.19 bits per heavy atom. The van der Waals surface area contributed by atoms with Gasteiger partial charge in [-0.15, -0.1) is 11.3 Å². The van der Waals surface area contributed by atoms with Gasteiger partial charge in [0.2, 0.25) is 0 Å². The molecule has 1 N–H and O–H groups in total. The van der Waals surface area contributed by atoms with Gasteiger partial charge in [-0.05, 0) is 30.5 Å². The highest BCUT2D eigenvalue weighted by Gasteiger charge is 2.08. The van der Waals surface area contributed by atoms with Crippen molar-refractivity contribution >= 4 is 33.1 Å². The Hall–Kier alpha value is -2.34. The van der Waals surface area contributed by atoms with E-state index in [-0.39, 0.29) is 0 Å². The van der Waals surface area contributed by atoms with Crippen LogP contribution >= 0.6 is 11.3 Å². The van der Waals surface area contributed by atoms with E-state index in [0.29, 0.717) is 12.4 Å². The third-order valence-corrected chi connectivity index (χ3v) is 3.81. The highest BCUT2D eigenvalue weighted by Crippen LogP contribution is 2.32. The van der Waals surface area contributed by atoms with Crippen LogP contribution in [0.5, 0.6) is 11.5 Å². The van der Waals surface area contributed by atoms with Crippen LogP contribution in [-0.2, 0) is 0 Å². The molecule has 0 amide bonds. The van der Waals surface area contributed by atoms with Gasteiger partial charge >= 0.3 is 0 Å². The summed E-state index contributed by atoms with van der Waals surface area (Å²) in [5.74, 6) is 2.21. The third-order valence-electron chi connectivity index (χ3n) is 2.99. The summed E-state index contributed by atoms with van der Waals surface area (Å²) >= 11 is 1.59. The number of thiophene rings is 1. The first-order valence-electron chi connectivity index (χ1n) is 6.58. The summed E-state index contributed by atoms with van der Waals surface area (Å²) in [7, 11) is 1.63. The molecule has 2 aromatic heterocycles. The molecule has 5 nitrogen and oxygen atoms in total. The van der Waals surface area contributed by atoms with E-state index in [9.17, 15) is 0 Å². The summed E-state index contributed by atoms with van der Waals surface area (Å²) in [6.07, 6.45) is 1.56. The van der Waals surface area contributed by atoms with Crippen LogP contribution in [0.1, 0.15) is 6.92 Å². The zero-order valence-electron chi connectivity index (χ0n) is 11.8. The van der Waals surface area contributed by atoms with Crippen molar-refractivity contribution in [3.63, 3.8) is 0 Å². The van der Waals surface area contributed by atoms with Crippen LogP contribution in [0.15, 0.2) is 36.0 Å². The van der Waals surface area contributed by atoms with Crippen molar-refractivity contribution < 1.29 is 9.47 Å². The highest BCUT2D eigenvalue weighted by molar-refractivity contribution is 7.16. The van der Waals surface area contributed by atoms with Crippen LogP contribution in [0.25, 0.3) is 10.2 Å². The van der Waals surface area contributed by atoms with E-state index in [1.165, 1.54) is 0 Å². The summed E-state index contributed by atoms with van der Waals surface area (Å²) in [4.78, 5) is 9.50.